The van der Waals surface area contributed by atoms with Gasteiger partial charge >= 0.3 is 0 Å². The normalized spacial score (nSPS) is 41.8. The summed E-state index contributed by atoms with van der Waals surface area (Å²) in [6, 6.07) is 0. The van der Waals surface area contributed by atoms with Gasteiger partial charge in [0.1, 0.15) is 6.29 Å². The molecule has 0 aromatic heterocycles. The number of aliphatic hydroxyl groups is 1. The van der Waals surface area contributed by atoms with Crippen molar-refractivity contribution in [3.8, 4) is 0 Å². The molecule has 1 N–H and O–H groups in total. The molecule has 17 heavy (non-hydrogen) atoms. The van der Waals surface area contributed by atoms with Crippen LogP contribution >= 0.6 is 0 Å². The molecule has 2 nitrogen and oxygen atoms in total. The van der Waals surface area contributed by atoms with Crippen LogP contribution in [0.2, 0.25) is 0 Å². The predicted octanol–water partition coefficient (Wildman–Crippen LogP) is 3.02. The van der Waals surface area contributed by atoms with Gasteiger partial charge in [-0.05, 0) is 49.9 Å². The van der Waals surface area contributed by atoms with Crippen molar-refractivity contribution in [3.05, 3.63) is 24.3 Å². The average Bonchev–Trinajstić information content (AvgIpc) is 2.30. The Hall–Kier alpha value is -0.890. The van der Waals surface area contributed by atoms with E-state index in [2.05, 4.69) is 20.1 Å². The second-order valence-electron chi connectivity index (χ2n) is 6.10. The number of carbonyl (C=O) groups excluding carboxylic acids is 1. The summed E-state index contributed by atoms with van der Waals surface area (Å²) in [5.41, 5.74) is 0.852. The van der Waals surface area contributed by atoms with Crippen LogP contribution in [-0.4, -0.2) is 17.0 Å². The summed E-state index contributed by atoms with van der Waals surface area (Å²) in [4.78, 5) is 10.8. The van der Waals surface area contributed by atoms with E-state index < -0.39 is 5.60 Å². The first kappa shape index (κ1) is 12.6. The maximum atomic E-state index is 10.8. The highest BCUT2D eigenvalue weighted by Crippen LogP contribution is 2.55. The van der Waals surface area contributed by atoms with E-state index in [1.54, 1.807) is 0 Å². The monoisotopic (exact) mass is 234 g/mol. The number of allylic oxidation sites excluding steroid dienone is 1. The van der Waals surface area contributed by atoms with E-state index in [-0.39, 0.29) is 5.41 Å². The Kier molecular flexibility index (Phi) is 3.03. The predicted molar refractivity (Wildman–Crippen MR) is 68.6 cm³/mol. The quantitative estimate of drug-likeness (QED) is 0.453. The standard InChI is InChI=1S/C15H22O2/c1-11-5-4-6-14(3)7-8-15(17,9-13(11)14)12(2)10-16/h10,13,17H,1-2,4-9H2,3H3. The van der Waals surface area contributed by atoms with Gasteiger partial charge in [0.15, 0.2) is 0 Å². The molecule has 0 amide bonds. The molecule has 2 saturated carbocycles. The smallest absolute Gasteiger partial charge is 0.148 e. The SMILES string of the molecule is C=C1CCCC2(C)CCC(O)(C(=C)C=O)CC12. The summed E-state index contributed by atoms with van der Waals surface area (Å²) in [7, 11) is 0. The van der Waals surface area contributed by atoms with Gasteiger partial charge in [-0.1, -0.05) is 25.7 Å². The van der Waals surface area contributed by atoms with E-state index in [0.29, 0.717) is 30.6 Å². The van der Waals surface area contributed by atoms with Gasteiger partial charge in [-0.2, -0.15) is 0 Å². The van der Waals surface area contributed by atoms with Crippen molar-refractivity contribution in [3.63, 3.8) is 0 Å². The van der Waals surface area contributed by atoms with Crippen LogP contribution in [0.15, 0.2) is 24.3 Å². The molecule has 0 heterocycles. The van der Waals surface area contributed by atoms with Crippen molar-refractivity contribution in [1.29, 1.82) is 0 Å². The summed E-state index contributed by atoms with van der Waals surface area (Å²) in [6.45, 7) is 10.2. The van der Waals surface area contributed by atoms with Crippen molar-refractivity contribution in [1.82, 2.24) is 0 Å². The second-order valence-corrected chi connectivity index (χ2v) is 6.10. The zero-order chi connectivity index (χ0) is 12.7. The van der Waals surface area contributed by atoms with Crippen LogP contribution < -0.4 is 0 Å². The summed E-state index contributed by atoms with van der Waals surface area (Å²) in [6.07, 6.45) is 6.42. The lowest BCUT2D eigenvalue weighted by Crippen LogP contribution is -2.47. The fourth-order valence-corrected chi connectivity index (χ4v) is 3.58. The lowest BCUT2D eigenvalue weighted by atomic mass is 9.55. The van der Waals surface area contributed by atoms with Crippen LogP contribution in [0.1, 0.15) is 45.4 Å². The molecule has 2 rings (SSSR count). The molecular weight excluding hydrogens is 212 g/mol. The molecule has 94 valence electrons. The Bertz CT molecular complexity index is 371. The minimum Gasteiger partial charge on any atom is -0.385 e. The van der Waals surface area contributed by atoms with E-state index >= 15 is 0 Å². The van der Waals surface area contributed by atoms with Crippen molar-refractivity contribution in [2.45, 2.75) is 51.0 Å². The van der Waals surface area contributed by atoms with Gasteiger partial charge in [0.25, 0.3) is 0 Å². The first-order chi connectivity index (χ1) is 7.91. The zero-order valence-corrected chi connectivity index (χ0v) is 10.7. The van der Waals surface area contributed by atoms with Crippen LogP contribution in [-0.2, 0) is 4.79 Å². The molecule has 3 atom stereocenters. The molecule has 0 spiro atoms. The van der Waals surface area contributed by atoms with Crippen LogP contribution in [0.25, 0.3) is 0 Å². The molecule has 2 fully saturated rings. The van der Waals surface area contributed by atoms with E-state index in [9.17, 15) is 9.90 Å². The molecule has 2 heteroatoms. The minimum absolute atomic E-state index is 0.269. The summed E-state index contributed by atoms with van der Waals surface area (Å²) >= 11 is 0. The lowest BCUT2D eigenvalue weighted by molar-refractivity contribution is -0.109. The van der Waals surface area contributed by atoms with Gasteiger partial charge < -0.3 is 5.11 Å². The molecule has 2 aliphatic rings. The first-order valence-corrected chi connectivity index (χ1v) is 6.46. The van der Waals surface area contributed by atoms with Crippen LogP contribution in [0, 0.1) is 11.3 Å². The molecule has 0 aromatic carbocycles. The van der Waals surface area contributed by atoms with Gasteiger partial charge in [-0.25, -0.2) is 0 Å². The molecule has 0 saturated heterocycles. The fourth-order valence-electron chi connectivity index (χ4n) is 3.58. The third kappa shape index (κ3) is 1.99. The van der Waals surface area contributed by atoms with Crippen molar-refractivity contribution >= 4 is 6.29 Å². The van der Waals surface area contributed by atoms with Crippen molar-refractivity contribution in [2.75, 3.05) is 0 Å². The largest absolute Gasteiger partial charge is 0.385 e. The van der Waals surface area contributed by atoms with Crippen LogP contribution in [0.4, 0.5) is 0 Å². The maximum Gasteiger partial charge on any atom is 0.148 e. The number of hydrogen-bond acceptors (Lipinski definition) is 2. The number of carbonyl (C=O) groups is 1. The van der Waals surface area contributed by atoms with Crippen molar-refractivity contribution < 1.29 is 9.90 Å². The van der Waals surface area contributed by atoms with E-state index in [0.717, 1.165) is 12.8 Å². The lowest BCUT2D eigenvalue weighted by Gasteiger charge is -2.51. The zero-order valence-electron chi connectivity index (χ0n) is 10.7. The van der Waals surface area contributed by atoms with E-state index in [1.165, 1.54) is 18.4 Å². The third-order valence-electron chi connectivity index (χ3n) is 4.97. The summed E-state index contributed by atoms with van der Waals surface area (Å²) in [5.74, 6) is 0.340. The Morgan fingerprint density at radius 1 is 1.47 bits per heavy atom. The highest BCUT2D eigenvalue weighted by molar-refractivity contribution is 5.75. The molecule has 2 aliphatic carbocycles. The first-order valence-electron chi connectivity index (χ1n) is 6.46. The van der Waals surface area contributed by atoms with Gasteiger partial charge in [0.05, 0.1) is 5.60 Å². The van der Waals surface area contributed by atoms with Gasteiger partial charge in [-0.3, -0.25) is 4.79 Å². The fraction of sp³-hybridized carbons (Fsp3) is 0.667. The molecule has 0 radical (unpaired) electrons. The van der Waals surface area contributed by atoms with Gasteiger partial charge in [0, 0.05) is 5.57 Å². The van der Waals surface area contributed by atoms with Crippen LogP contribution in [0.3, 0.4) is 0 Å². The average molecular weight is 234 g/mol. The second kappa shape index (κ2) is 4.09. The Morgan fingerprint density at radius 3 is 2.82 bits per heavy atom. The van der Waals surface area contributed by atoms with Gasteiger partial charge in [-0.15, -0.1) is 0 Å². The molecular formula is C15H22O2. The van der Waals surface area contributed by atoms with Gasteiger partial charge in [0.2, 0.25) is 0 Å². The summed E-state index contributed by atoms with van der Waals surface area (Å²) in [5, 5.41) is 10.5. The number of aldehydes is 1. The number of rotatable bonds is 2. The Labute approximate surface area is 103 Å². The van der Waals surface area contributed by atoms with Crippen LogP contribution in [0.5, 0.6) is 0 Å². The molecule has 3 unspecified atom stereocenters. The third-order valence-corrected chi connectivity index (χ3v) is 4.97. The molecule has 0 aliphatic heterocycles. The molecule has 0 aromatic rings. The maximum absolute atomic E-state index is 10.8. The Balaban J connectivity index is 2.25. The number of hydrogen-bond donors (Lipinski definition) is 1. The Morgan fingerprint density at radius 2 is 2.18 bits per heavy atom. The molecule has 0 bridgehead atoms. The van der Waals surface area contributed by atoms with Crippen molar-refractivity contribution in [2.24, 2.45) is 11.3 Å². The highest BCUT2D eigenvalue weighted by Gasteiger charge is 2.48. The summed E-state index contributed by atoms with van der Waals surface area (Å²) < 4.78 is 0. The minimum atomic E-state index is -0.994. The highest BCUT2D eigenvalue weighted by atomic mass is 16.3. The topological polar surface area (TPSA) is 37.3 Å². The van der Waals surface area contributed by atoms with E-state index in [1.807, 2.05) is 0 Å². The number of fused-ring (bicyclic) bond motifs is 1. The van der Waals surface area contributed by atoms with E-state index in [4.69, 9.17) is 0 Å².